The lowest BCUT2D eigenvalue weighted by atomic mass is 10.0. The first-order valence-electron chi connectivity index (χ1n) is 9.24. The Bertz CT molecular complexity index is 1040. The summed E-state index contributed by atoms with van der Waals surface area (Å²) in [6, 6.07) is 21.7. The molecule has 3 rings (SSSR count). The minimum absolute atomic E-state index is 0.205. The molecule has 0 saturated carbocycles. The monoisotopic (exact) mass is 402 g/mol. The molecule has 0 aromatic heterocycles. The Kier molecular flexibility index (Phi) is 6.95. The number of hydrogen-bond acceptors (Lipinski definition) is 6. The predicted octanol–water partition coefficient (Wildman–Crippen LogP) is 4.42. The molecule has 0 aliphatic carbocycles. The fourth-order valence-corrected chi connectivity index (χ4v) is 2.89. The van der Waals surface area contributed by atoms with Crippen LogP contribution in [0.5, 0.6) is 17.2 Å². The van der Waals surface area contributed by atoms with Crippen molar-refractivity contribution in [3.63, 3.8) is 0 Å². The van der Waals surface area contributed by atoms with Crippen molar-refractivity contribution in [2.45, 2.75) is 0 Å². The van der Waals surface area contributed by atoms with Gasteiger partial charge in [0.1, 0.15) is 5.71 Å². The van der Waals surface area contributed by atoms with Crippen LogP contribution in [0.1, 0.15) is 21.5 Å². The highest BCUT2D eigenvalue weighted by molar-refractivity contribution is 6.51. The quantitative estimate of drug-likeness (QED) is 0.318. The lowest BCUT2D eigenvalue weighted by molar-refractivity contribution is 0.106. The van der Waals surface area contributed by atoms with Crippen LogP contribution >= 0.6 is 0 Å². The molecule has 0 saturated heterocycles. The van der Waals surface area contributed by atoms with E-state index in [9.17, 15) is 4.79 Å². The molecule has 0 atom stereocenters. The third-order valence-corrected chi connectivity index (χ3v) is 4.35. The summed E-state index contributed by atoms with van der Waals surface area (Å²) >= 11 is 0. The summed E-state index contributed by atoms with van der Waals surface area (Å²) in [5, 5.41) is 8.40. The van der Waals surface area contributed by atoms with E-state index in [-0.39, 0.29) is 11.5 Å². The van der Waals surface area contributed by atoms with Crippen LogP contribution in [0.15, 0.2) is 83.0 Å². The average molecular weight is 402 g/mol. The molecule has 3 aromatic rings. The number of carbonyl (C=O) groups excluding carboxylic acids is 1. The van der Waals surface area contributed by atoms with Gasteiger partial charge in [-0.2, -0.15) is 5.10 Å². The van der Waals surface area contributed by atoms with Gasteiger partial charge in [0.05, 0.1) is 27.5 Å². The number of carbonyl (C=O) groups is 1. The van der Waals surface area contributed by atoms with E-state index < -0.39 is 0 Å². The standard InChI is InChI=1S/C24H22N2O4/c1-28-20-14-17(15-21(29-2)24(20)30-3)16-25-26-22(18-10-6-4-7-11-18)23(27)19-12-8-5-9-13-19/h4-16H,1-3H3. The molecule has 152 valence electrons. The lowest BCUT2D eigenvalue weighted by Crippen LogP contribution is -2.15. The maximum absolute atomic E-state index is 13.0. The zero-order valence-corrected chi connectivity index (χ0v) is 17.0. The molecular formula is C24H22N2O4. The van der Waals surface area contributed by atoms with Crippen molar-refractivity contribution in [3.8, 4) is 17.2 Å². The fraction of sp³-hybridized carbons (Fsp3) is 0.125. The van der Waals surface area contributed by atoms with Crippen molar-refractivity contribution in [2.24, 2.45) is 10.2 Å². The Morgan fingerprint density at radius 1 is 0.767 bits per heavy atom. The number of ether oxygens (including phenoxy) is 3. The van der Waals surface area contributed by atoms with Gasteiger partial charge in [-0.25, -0.2) is 0 Å². The fourth-order valence-electron chi connectivity index (χ4n) is 2.89. The second-order valence-electron chi connectivity index (χ2n) is 6.21. The van der Waals surface area contributed by atoms with Crippen LogP contribution in [-0.2, 0) is 0 Å². The van der Waals surface area contributed by atoms with Crippen LogP contribution in [0.3, 0.4) is 0 Å². The van der Waals surface area contributed by atoms with Gasteiger partial charge in [0, 0.05) is 16.7 Å². The van der Waals surface area contributed by atoms with Crippen LogP contribution in [0, 0.1) is 0 Å². The summed E-state index contributed by atoms with van der Waals surface area (Å²) in [6.45, 7) is 0. The summed E-state index contributed by atoms with van der Waals surface area (Å²) in [4.78, 5) is 13.0. The van der Waals surface area contributed by atoms with Gasteiger partial charge in [-0.15, -0.1) is 5.10 Å². The smallest absolute Gasteiger partial charge is 0.213 e. The van der Waals surface area contributed by atoms with Gasteiger partial charge in [-0.05, 0) is 12.1 Å². The Morgan fingerprint density at radius 3 is 1.80 bits per heavy atom. The number of nitrogens with zero attached hydrogens (tertiary/aromatic N) is 2. The van der Waals surface area contributed by atoms with E-state index in [1.165, 1.54) is 6.21 Å². The molecular weight excluding hydrogens is 380 g/mol. The van der Waals surface area contributed by atoms with Crippen molar-refractivity contribution in [2.75, 3.05) is 21.3 Å². The molecule has 0 N–H and O–H groups in total. The van der Waals surface area contributed by atoms with Gasteiger partial charge in [0.2, 0.25) is 11.5 Å². The maximum Gasteiger partial charge on any atom is 0.213 e. The summed E-state index contributed by atoms with van der Waals surface area (Å²) in [5.41, 5.74) is 2.18. The maximum atomic E-state index is 13.0. The van der Waals surface area contributed by atoms with E-state index in [2.05, 4.69) is 10.2 Å². The van der Waals surface area contributed by atoms with Crippen molar-refractivity contribution in [3.05, 3.63) is 89.5 Å². The summed E-state index contributed by atoms with van der Waals surface area (Å²) < 4.78 is 16.0. The molecule has 0 fully saturated rings. The second-order valence-corrected chi connectivity index (χ2v) is 6.21. The van der Waals surface area contributed by atoms with Gasteiger partial charge in [-0.3, -0.25) is 4.79 Å². The Morgan fingerprint density at radius 2 is 1.30 bits per heavy atom. The van der Waals surface area contributed by atoms with Gasteiger partial charge >= 0.3 is 0 Å². The Labute approximate surface area is 175 Å². The first-order valence-corrected chi connectivity index (χ1v) is 9.24. The van der Waals surface area contributed by atoms with E-state index in [0.717, 1.165) is 0 Å². The van der Waals surface area contributed by atoms with Crippen molar-refractivity contribution < 1.29 is 19.0 Å². The first-order chi connectivity index (χ1) is 14.7. The normalized spacial score (nSPS) is 11.4. The Hall–Kier alpha value is -3.93. The van der Waals surface area contributed by atoms with Gasteiger partial charge < -0.3 is 14.2 Å². The van der Waals surface area contributed by atoms with Gasteiger partial charge in [0.25, 0.3) is 0 Å². The highest BCUT2D eigenvalue weighted by atomic mass is 16.5. The molecule has 0 radical (unpaired) electrons. The molecule has 30 heavy (non-hydrogen) atoms. The largest absolute Gasteiger partial charge is 0.493 e. The third-order valence-electron chi connectivity index (χ3n) is 4.35. The molecule has 0 spiro atoms. The molecule has 0 aliphatic rings. The summed E-state index contributed by atoms with van der Waals surface area (Å²) in [7, 11) is 4.63. The minimum atomic E-state index is -0.205. The highest BCUT2D eigenvalue weighted by Gasteiger charge is 2.16. The number of ketones is 1. The van der Waals surface area contributed by atoms with Crippen molar-refractivity contribution in [1.29, 1.82) is 0 Å². The van der Waals surface area contributed by atoms with E-state index in [4.69, 9.17) is 14.2 Å². The van der Waals surface area contributed by atoms with Gasteiger partial charge in [-0.1, -0.05) is 60.7 Å². The molecule has 3 aromatic carbocycles. The van der Waals surface area contributed by atoms with Crippen LogP contribution < -0.4 is 14.2 Å². The molecule has 0 unspecified atom stereocenters. The second kappa shape index (κ2) is 10.0. The number of methoxy groups -OCH3 is 3. The zero-order valence-electron chi connectivity index (χ0n) is 17.0. The Balaban J connectivity index is 1.99. The van der Waals surface area contributed by atoms with E-state index in [1.807, 2.05) is 48.5 Å². The molecule has 6 nitrogen and oxygen atoms in total. The van der Waals surface area contributed by atoms with Crippen molar-refractivity contribution >= 4 is 17.7 Å². The predicted molar refractivity (Wildman–Crippen MR) is 117 cm³/mol. The average Bonchev–Trinajstić information content (AvgIpc) is 2.81. The summed E-state index contributed by atoms with van der Waals surface area (Å²) in [6.07, 6.45) is 1.53. The van der Waals surface area contributed by atoms with Crippen LogP contribution in [-0.4, -0.2) is 39.0 Å². The third kappa shape index (κ3) is 4.72. The molecule has 0 aliphatic heterocycles. The molecule has 0 amide bonds. The lowest BCUT2D eigenvalue weighted by Gasteiger charge is -2.12. The van der Waals surface area contributed by atoms with Crippen LogP contribution in [0.2, 0.25) is 0 Å². The van der Waals surface area contributed by atoms with Crippen LogP contribution in [0.25, 0.3) is 0 Å². The van der Waals surface area contributed by atoms with E-state index in [1.54, 1.807) is 45.6 Å². The molecule has 0 heterocycles. The molecule has 6 heteroatoms. The van der Waals surface area contributed by atoms with Gasteiger partial charge in [0.15, 0.2) is 11.5 Å². The highest BCUT2D eigenvalue weighted by Crippen LogP contribution is 2.37. The van der Waals surface area contributed by atoms with Crippen LogP contribution in [0.4, 0.5) is 0 Å². The summed E-state index contributed by atoms with van der Waals surface area (Å²) in [5.74, 6) is 1.30. The topological polar surface area (TPSA) is 69.5 Å². The number of rotatable bonds is 8. The first kappa shape index (κ1) is 20.8. The van der Waals surface area contributed by atoms with Crippen molar-refractivity contribution in [1.82, 2.24) is 0 Å². The molecule has 0 bridgehead atoms. The number of Topliss-reactive ketones (excluding diaryl/α,β-unsaturated/α-hetero) is 1. The zero-order chi connectivity index (χ0) is 21.3. The number of hydrogen-bond donors (Lipinski definition) is 0. The SMILES string of the molecule is COc1cc(C=NN=C(C(=O)c2ccccc2)c2ccccc2)cc(OC)c1OC. The van der Waals surface area contributed by atoms with E-state index in [0.29, 0.717) is 33.9 Å². The van der Waals surface area contributed by atoms with E-state index >= 15 is 0 Å². The minimum Gasteiger partial charge on any atom is -0.493 e. The number of benzene rings is 3.